The molecule has 1 fully saturated rings. The molecule has 0 bridgehead atoms. The number of aryl methyl sites for hydroxylation is 1. The molecule has 0 saturated heterocycles. The van der Waals surface area contributed by atoms with Gasteiger partial charge in [-0.15, -0.1) is 0 Å². The molecule has 208 valence electrons. The summed E-state index contributed by atoms with van der Waals surface area (Å²) in [6, 6.07) is 23.3. The number of carbonyl (C=O) groups excluding carboxylic acids is 3. The molecule has 0 N–H and O–H groups in total. The zero-order chi connectivity index (χ0) is 28.4. The molecule has 1 heterocycles. The van der Waals surface area contributed by atoms with Crippen molar-refractivity contribution in [2.45, 2.75) is 50.9 Å². The van der Waals surface area contributed by atoms with E-state index >= 15 is 0 Å². The van der Waals surface area contributed by atoms with Gasteiger partial charge in [0.05, 0.1) is 17.0 Å². The quantitative estimate of drug-likeness (QED) is 0.208. The number of amides is 2. The van der Waals surface area contributed by atoms with Gasteiger partial charge in [-0.1, -0.05) is 60.1 Å². The van der Waals surface area contributed by atoms with Crippen LogP contribution in [0.5, 0.6) is 0 Å². The lowest BCUT2D eigenvalue weighted by atomic mass is 9.95. The molecular formula is C33H34ClNO4S. The first-order chi connectivity index (χ1) is 19.1. The summed E-state index contributed by atoms with van der Waals surface area (Å²) in [4.78, 5) is 40.8. The highest BCUT2D eigenvalue weighted by Crippen LogP contribution is 2.42. The Morgan fingerprint density at radius 3 is 2.05 bits per heavy atom. The second-order valence-corrected chi connectivity index (χ2v) is 13.3. The van der Waals surface area contributed by atoms with Gasteiger partial charge in [-0.05, 0) is 92.7 Å². The summed E-state index contributed by atoms with van der Waals surface area (Å²) in [5, 5.41) is 0.795. The van der Waals surface area contributed by atoms with Crippen LogP contribution in [0.25, 0.3) is 11.1 Å². The van der Waals surface area contributed by atoms with E-state index in [0.717, 1.165) is 41.2 Å². The Hall–Kier alpha value is -3.09. The molecule has 5 rings (SSSR count). The Labute approximate surface area is 245 Å². The zero-order valence-electron chi connectivity index (χ0n) is 23.1. The van der Waals surface area contributed by atoms with Crippen LogP contribution in [-0.4, -0.2) is 45.8 Å². The summed E-state index contributed by atoms with van der Waals surface area (Å²) in [6.07, 6.45) is 2.49. The van der Waals surface area contributed by atoms with E-state index < -0.39 is 5.60 Å². The van der Waals surface area contributed by atoms with E-state index in [2.05, 4.69) is 24.3 Å². The summed E-state index contributed by atoms with van der Waals surface area (Å²) in [5.41, 5.74) is 3.77. The standard InChI is InChI=1S/C33H34ClNO4S/c1-33(2,3)39-32(38)29-24(20-35-30(36)26-6-4-5-7-27(26)31(35)37)14-17-28(29)40-19-18-21-8-10-22(11-9-21)23-12-15-25(34)16-13-23/h4-13,15-16,24,28-29H,14,17-20H2,1-3H3/t24-,28-,29-/m0/s1. The largest absolute Gasteiger partial charge is 0.460 e. The van der Waals surface area contributed by atoms with Crippen LogP contribution >= 0.6 is 23.4 Å². The van der Waals surface area contributed by atoms with E-state index in [9.17, 15) is 14.4 Å². The SMILES string of the molecule is CC(C)(C)OC(=O)[C@H]1[C@H](CN2C(=O)c3ccccc3C2=O)CC[C@@H]1SCCc1ccc(-c2ccc(Cl)cc2)cc1. The predicted octanol–water partition coefficient (Wildman–Crippen LogP) is 7.32. The lowest BCUT2D eigenvalue weighted by Gasteiger charge is -2.29. The van der Waals surface area contributed by atoms with Crippen molar-refractivity contribution in [3.05, 3.63) is 94.5 Å². The van der Waals surface area contributed by atoms with Crippen LogP contribution in [0.3, 0.4) is 0 Å². The number of ether oxygens (including phenoxy) is 1. The second-order valence-electron chi connectivity index (χ2n) is 11.5. The number of nitrogens with zero attached hydrogens (tertiary/aromatic N) is 1. The van der Waals surface area contributed by atoms with Crippen LogP contribution in [-0.2, 0) is 16.0 Å². The number of rotatable bonds is 8. The summed E-state index contributed by atoms with van der Waals surface area (Å²) < 4.78 is 5.84. The first kappa shape index (κ1) is 28.4. The summed E-state index contributed by atoms with van der Waals surface area (Å²) >= 11 is 7.81. The van der Waals surface area contributed by atoms with Crippen LogP contribution in [0.15, 0.2) is 72.8 Å². The van der Waals surface area contributed by atoms with Crippen LogP contribution in [0.4, 0.5) is 0 Å². The first-order valence-corrected chi connectivity index (χ1v) is 15.2. The summed E-state index contributed by atoms with van der Waals surface area (Å²) in [5.74, 6) is -0.432. The number of fused-ring (bicyclic) bond motifs is 1. The van der Waals surface area contributed by atoms with Gasteiger partial charge < -0.3 is 4.74 Å². The molecule has 40 heavy (non-hydrogen) atoms. The number of hydrogen-bond acceptors (Lipinski definition) is 5. The zero-order valence-corrected chi connectivity index (χ0v) is 24.6. The van der Waals surface area contributed by atoms with E-state index in [-0.39, 0.29) is 41.4 Å². The molecule has 5 nitrogen and oxygen atoms in total. The average molecular weight is 576 g/mol. The summed E-state index contributed by atoms with van der Waals surface area (Å²) in [6.45, 7) is 5.85. The number of benzene rings is 3. The molecule has 0 unspecified atom stereocenters. The smallest absolute Gasteiger partial charge is 0.310 e. The monoisotopic (exact) mass is 575 g/mol. The third-order valence-corrected chi connectivity index (χ3v) is 9.21. The van der Waals surface area contributed by atoms with Crippen LogP contribution in [0.1, 0.15) is 59.9 Å². The Bertz CT molecular complexity index is 1360. The Morgan fingerprint density at radius 2 is 1.48 bits per heavy atom. The molecule has 3 aromatic carbocycles. The van der Waals surface area contributed by atoms with Gasteiger partial charge in [0.15, 0.2) is 0 Å². The van der Waals surface area contributed by atoms with Gasteiger partial charge in [0.2, 0.25) is 0 Å². The normalized spacial score (nSPS) is 20.6. The van der Waals surface area contributed by atoms with Crippen molar-refractivity contribution in [3.63, 3.8) is 0 Å². The van der Waals surface area contributed by atoms with E-state index in [0.29, 0.717) is 11.1 Å². The third-order valence-electron chi connectivity index (χ3n) is 7.56. The predicted molar refractivity (Wildman–Crippen MR) is 161 cm³/mol. The van der Waals surface area contributed by atoms with E-state index in [1.54, 1.807) is 36.0 Å². The maximum absolute atomic E-state index is 13.4. The maximum Gasteiger partial charge on any atom is 0.310 e. The van der Waals surface area contributed by atoms with E-state index in [1.807, 2.05) is 45.0 Å². The van der Waals surface area contributed by atoms with Crippen molar-refractivity contribution in [1.29, 1.82) is 0 Å². The van der Waals surface area contributed by atoms with Gasteiger partial charge in [-0.2, -0.15) is 11.8 Å². The number of imide groups is 1. The van der Waals surface area contributed by atoms with Crippen molar-refractivity contribution >= 4 is 41.1 Å². The van der Waals surface area contributed by atoms with Crippen molar-refractivity contribution in [2.75, 3.05) is 12.3 Å². The van der Waals surface area contributed by atoms with Crippen molar-refractivity contribution in [3.8, 4) is 11.1 Å². The molecule has 3 aromatic rings. The summed E-state index contributed by atoms with van der Waals surface area (Å²) in [7, 11) is 0. The van der Waals surface area contributed by atoms with E-state index in [4.69, 9.17) is 16.3 Å². The van der Waals surface area contributed by atoms with Crippen molar-refractivity contribution in [2.24, 2.45) is 11.8 Å². The third kappa shape index (κ3) is 6.29. The molecule has 2 aliphatic rings. The molecular weight excluding hydrogens is 542 g/mol. The fourth-order valence-corrected chi connectivity index (χ4v) is 7.25. The minimum Gasteiger partial charge on any atom is -0.460 e. The van der Waals surface area contributed by atoms with Gasteiger partial charge >= 0.3 is 5.97 Å². The molecule has 1 aliphatic carbocycles. The van der Waals surface area contributed by atoms with Gasteiger partial charge in [0.1, 0.15) is 5.60 Å². The Balaban J connectivity index is 1.24. The highest BCUT2D eigenvalue weighted by Gasteiger charge is 2.46. The fourth-order valence-electron chi connectivity index (χ4n) is 5.62. The maximum atomic E-state index is 13.4. The van der Waals surface area contributed by atoms with Crippen LogP contribution < -0.4 is 0 Å². The van der Waals surface area contributed by atoms with Gasteiger partial charge in [-0.25, -0.2) is 0 Å². The van der Waals surface area contributed by atoms with Crippen molar-refractivity contribution in [1.82, 2.24) is 4.90 Å². The number of thioether (sulfide) groups is 1. The Morgan fingerprint density at radius 1 is 0.900 bits per heavy atom. The molecule has 0 spiro atoms. The van der Waals surface area contributed by atoms with Crippen LogP contribution in [0, 0.1) is 11.8 Å². The first-order valence-electron chi connectivity index (χ1n) is 13.8. The molecule has 1 saturated carbocycles. The number of carbonyl (C=O) groups is 3. The topological polar surface area (TPSA) is 63.7 Å². The highest BCUT2D eigenvalue weighted by atomic mass is 35.5. The number of esters is 1. The lowest BCUT2D eigenvalue weighted by molar-refractivity contribution is -0.161. The molecule has 1 aliphatic heterocycles. The number of halogens is 1. The molecule has 2 amide bonds. The second kappa shape index (κ2) is 11.8. The van der Waals surface area contributed by atoms with E-state index in [1.165, 1.54) is 10.5 Å². The van der Waals surface area contributed by atoms with Crippen molar-refractivity contribution < 1.29 is 19.1 Å². The Kier molecular flexibility index (Phi) is 8.39. The van der Waals surface area contributed by atoms with Gasteiger partial charge in [-0.3, -0.25) is 19.3 Å². The molecule has 0 aromatic heterocycles. The molecule has 0 radical (unpaired) electrons. The van der Waals surface area contributed by atoms with Crippen LogP contribution in [0.2, 0.25) is 5.02 Å². The van der Waals surface area contributed by atoms with Gasteiger partial charge in [0, 0.05) is 16.8 Å². The van der Waals surface area contributed by atoms with Gasteiger partial charge in [0.25, 0.3) is 11.8 Å². The fraction of sp³-hybridized carbons (Fsp3) is 0.364. The minimum absolute atomic E-state index is 0.0726. The lowest BCUT2D eigenvalue weighted by Crippen LogP contribution is -2.40. The highest BCUT2D eigenvalue weighted by molar-refractivity contribution is 7.99. The molecule has 7 heteroatoms. The average Bonchev–Trinajstić information content (AvgIpc) is 3.43. The number of hydrogen-bond donors (Lipinski definition) is 0. The molecule has 3 atom stereocenters. The minimum atomic E-state index is -0.610.